The summed E-state index contributed by atoms with van der Waals surface area (Å²) in [5.74, 6) is -1.79. The highest BCUT2D eigenvalue weighted by atomic mass is 32.2. The molecule has 9 nitrogen and oxygen atoms in total. The van der Waals surface area contributed by atoms with Crippen LogP contribution in [0.1, 0.15) is 90.5 Å². The lowest BCUT2D eigenvalue weighted by Crippen LogP contribution is -2.31. The number of nitrogens with one attached hydrogen (secondary N) is 2. The number of carbonyl (C=O) groups excluding carboxylic acids is 3. The van der Waals surface area contributed by atoms with E-state index in [0.717, 1.165) is 31.9 Å². The van der Waals surface area contributed by atoms with Crippen molar-refractivity contribution in [3.63, 3.8) is 0 Å². The van der Waals surface area contributed by atoms with E-state index >= 15 is 0 Å². The molecule has 2 aromatic rings. The summed E-state index contributed by atoms with van der Waals surface area (Å²) >= 11 is 0. The van der Waals surface area contributed by atoms with Crippen LogP contribution < -0.4 is 10.0 Å². The number of esters is 1. The van der Waals surface area contributed by atoms with Gasteiger partial charge < -0.3 is 10.1 Å². The molecule has 0 saturated heterocycles. The molecule has 0 aliphatic rings. The van der Waals surface area contributed by atoms with Gasteiger partial charge >= 0.3 is 5.97 Å². The first-order valence-corrected chi connectivity index (χ1v) is 13.3. The Bertz CT molecular complexity index is 1100. The van der Waals surface area contributed by atoms with Crippen LogP contribution in [0, 0.1) is 0 Å². The molecular weight excluding hydrogens is 470 g/mol. The molecule has 1 heterocycles. The average Bonchev–Trinajstić information content (AvgIpc) is 2.86. The highest BCUT2D eigenvalue weighted by molar-refractivity contribution is 7.90. The first kappa shape index (κ1) is 28.0. The van der Waals surface area contributed by atoms with E-state index in [2.05, 4.69) is 17.2 Å². The summed E-state index contributed by atoms with van der Waals surface area (Å²) in [4.78, 5) is 40.5. The predicted molar refractivity (Wildman–Crippen MR) is 132 cm³/mol. The molecule has 0 spiro atoms. The number of aromatic nitrogens is 1. The lowest BCUT2D eigenvalue weighted by atomic mass is 10.2. The molecule has 1 aromatic heterocycles. The maximum Gasteiger partial charge on any atom is 0.357 e. The Morgan fingerprint density at radius 3 is 2.11 bits per heavy atom. The monoisotopic (exact) mass is 503 g/mol. The number of benzene rings is 1. The molecule has 2 amide bonds. The van der Waals surface area contributed by atoms with Gasteiger partial charge in [-0.15, -0.1) is 0 Å². The van der Waals surface area contributed by atoms with Gasteiger partial charge in [0.2, 0.25) is 0 Å². The van der Waals surface area contributed by atoms with Crippen LogP contribution in [0.5, 0.6) is 0 Å². The van der Waals surface area contributed by atoms with Gasteiger partial charge in [0.05, 0.1) is 10.5 Å². The summed E-state index contributed by atoms with van der Waals surface area (Å²) in [6.07, 6.45) is 6.37. The number of ether oxygens (including phenoxy) is 1. The second kappa shape index (κ2) is 13.6. The molecule has 0 atom stereocenters. The number of amides is 2. The quantitative estimate of drug-likeness (QED) is 0.313. The summed E-state index contributed by atoms with van der Waals surface area (Å²) < 4.78 is 32.5. The zero-order valence-electron chi connectivity index (χ0n) is 20.4. The van der Waals surface area contributed by atoms with E-state index in [0.29, 0.717) is 24.9 Å². The number of hydrogen-bond acceptors (Lipinski definition) is 7. The van der Waals surface area contributed by atoms with Crippen LogP contribution in [0.3, 0.4) is 0 Å². The number of carbonyl (C=O) groups is 3. The number of rotatable bonds is 13. The Hall–Kier alpha value is -3.27. The van der Waals surface area contributed by atoms with E-state index in [1.165, 1.54) is 36.4 Å². The maximum atomic E-state index is 12.6. The molecule has 0 bridgehead atoms. The second-order valence-corrected chi connectivity index (χ2v) is 9.73. The fraction of sp³-hybridized carbons (Fsp3) is 0.440. The van der Waals surface area contributed by atoms with Crippen LogP contribution in [0.2, 0.25) is 0 Å². The zero-order valence-corrected chi connectivity index (χ0v) is 21.2. The van der Waals surface area contributed by atoms with Crippen LogP contribution in [0.15, 0.2) is 47.5 Å². The minimum Gasteiger partial charge on any atom is -0.458 e. The highest BCUT2D eigenvalue weighted by Crippen LogP contribution is 2.13. The molecule has 0 saturated carbocycles. The van der Waals surface area contributed by atoms with Gasteiger partial charge in [0.1, 0.15) is 11.8 Å². The van der Waals surface area contributed by atoms with E-state index in [-0.39, 0.29) is 28.2 Å². The van der Waals surface area contributed by atoms with Gasteiger partial charge in [-0.05, 0) is 55.7 Å². The molecular formula is C25H33N3O6S. The van der Waals surface area contributed by atoms with Crippen molar-refractivity contribution in [2.24, 2.45) is 0 Å². The van der Waals surface area contributed by atoms with Gasteiger partial charge in [-0.3, -0.25) is 9.59 Å². The third kappa shape index (κ3) is 8.47. The van der Waals surface area contributed by atoms with Gasteiger partial charge in [-0.25, -0.2) is 22.9 Å². The molecule has 0 fully saturated rings. The van der Waals surface area contributed by atoms with E-state index in [1.54, 1.807) is 0 Å². The van der Waals surface area contributed by atoms with Crippen molar-refractivity contribution in [2.75, 3.05) is 6.54 Å². The largest absolute Gasteiger partial charge is 0.458 e. The topological polar surface area (TPSA) is 132 Å². The summed E-state index contributed by atoms with van der Waals surface area (Å²) in [5.41, 5.74) is 0.313. The van der Waals surface area contributed by atoms with Crippen LogP contribution in [0.25, 0.3) is 0 Å². The van der Waals surface area contributed by atoms with E-state index < -0.39 is 21.9 Å². The molecule has 35 heavy (non-hydrogen) atoms. The van der Waals surface area contributed by atoms with Gasteiger partial charge in [-0.1, -0.05) is 40.0 Å². The molecule has 0 aliphatic carbocycles. The number of hydrogen-bond donors (Lipinski definition) is 2. The smallest absolute Gasteiger partial charge is 0.357 e. The summed E-state index contributed by atoms with van der Waals surface area (Å²) in [6.45, 7) is 6.47. The summed E-state index contributed by atoms with van der Waals surface area (Å²) in [5, 5.41) is 2.80. The zero-order chi connectivity index (χ0) is 25.8. The third-order valence-electron chi connectivity index (χ3n) is 5.39. The molecule has 2 rings (SSSR count). The van der Waals surface area contributed by atoms with Crippen LogP contribution in [-0.4, -0.2) is 43.8 Å². The third-order valence-corrected chi connectivity index (χ3v) is 6.74. The Labute approximate surface area is 206 Å². The summed E-state index contributed by atoms with van der Waals surface area (Å²) in [7, 11) is -4.18. The average molecular weight is 504 g/mol. The molecule has 2 N–H and O–H groups in total. The second-order valence-electron chi connectivity index (χ2n) is 8.05. The molecule has 1 aromatic carbocycles. The summed E-state index contributed by atoms with van der Waals surface area (Å²) in [6, 6.07) is 7.91. The van der Waals surface area contributed by atoms with Crippen molar-refractivity contribution >= 4 is 27.8 Å². The van der Waals surface area contributed by atoms with Gasteiger partial charge in [0.25, 0.3) is 21.8 Å². The Balaban J connectivity index is 1.98. The van der Waals surface area contributed by atoms with Crippen molar-refractivity contribution in [3.8, 4) is 0 Å². The van der Waals surface area contributed by atoms with E-state index in [4.69, 9.17) is 4.74 Å². The molecule has 0 unspecified atom stereocenters. The number of pyridine rings is 1. The molecule has 0 aliphatic heterocycles. The van der Waals surface area contributed by atoms with Crippen molar-refractivity contribution < 1.29 is 27.5 Å². The first-order valence-electron chi connectivity index (χ1n) is 11.8. The van der Waals surface area contributed by atoms with Gasteiger partial charge in [-0.2, -0.15) is 0 Å². The van der Waals surface area contributed by atoms with Crippen molar-refractivity contribution in [1.29, 1.82) is 0 Å². The van der Waals surface area contributed by atoms with Gasteiger partial charge in [0, 0.05) is 18.3 Å². The molecule has 190 valence electrons. The van der Waals surface area contributed by atoms with Crippen LogP contribution >= 0.6 is 0 Å². The standard InChI is InChI=1S/C25H33N3O6S/c1-4-7-8-9-16-26-23(29)18-10-13-21(14-11-18)35(32,33)28-24(30)19-12-15-22(27-17-19)25(31)34-20(5-2)6-3/h10-15,17,20H,4-9,16H2,1-3H3,(H,26,29)(H,28,30). The lowest BCUT2D eigenvalue weighted by molar-refractivity contribution is 0.0277. The SMILES string of the molecule is CCCCCCNC(=O)c1ccc(S(=O)(=O)NC(=O)c2ccc(C(=O)OC(CC)CC)nc2)cc1. The highest BCUT2D eigenvalue weighted by Gasteiger charge is 2.21. The van der Waals surface area contributed by atoms with Crippen molar-refractivity contribution in [3.05, 3.63) is 59.4 Å². The van der Waals surface area contributed by atoms with E-state index in [9.17, 15) is 22.8 Å². The first-order chi connectivity index (χ1) is 16.7. The molecule has 10 heteroatoms. The Morgan fingerprint density at radius 1 is 0.886 bits per heavy atom. The Morgan fingerprint density at radius 2 is 1.54 bits per heavy atom. The Kier molecular flexibility index (Phi) is 10.8. The van der Waals surface area contributed by atoms with Gasteiger partial charge in [0.15, 0.2) is 0 Å². The van der Waals surface area contributed by atoms with E-state index in [1.807, 2.05) is 18.6 Å². The minimum atomic E-state index is -4.18. The number of sulfonamides is 1. The normalized spacial score (nSPS) is 11.2. The number of unbranched alkanes of at least 4 members (excludes halogenated alkanes) is 3. The minimum absolute atomic E-state index is 0.0236. The van der Waals surface area contributed by atoms with Crippen molar-refractivity contribution in [1.82, 2.24) is 15.0 Å². The number of nitrogens with zero attached hydrogens (tertiary/aromatic N) is 1. The maximum absolute atomic E-state index is 12.6. The molecule has 0 radical (unpaired) electrons. The lowest BCUT2D eigenvalue weighted by Gasteiger charge is -2.13. The fourth-order valence-corrected chi connectivity index (χ4v) is 4.17. The predicted octanol–water partition coefficient (Wildman–Crippen LogP) is 3.86. The fourth-order valence-electron chi connectivity index (χ4n) is 3.20. The van der Waals surface area contributed by atoms with Crippen molar-refractivity contribution in [2.45, 2.75) is 70.3 Å². The van der Waals surface area contributed by atoms with Crippen LogP contribution in [0.4, 0.5) is 0 Å². The van der Waals surface area contributed by atoms with Crippen LogP contribution in [-0.2, 0) is 14.8 Å².